The van der Waals surface area contributed by atoms with Crippen molar-refractivity contribution in [1.82, 2.24) is 15.2 Å². The first-order chi connectivity index (χ1) is 8.31. The molecule has 1 aliphatic heterocycles. The number of carbonyl (C=O) groups excluding carboxylic acids is 1. The molecule has 2 N–H and O–H groups in total. The highest BCUT2D eigenvalue weighted by Gasteiger charge is 2.22. The van der Waals surface area contributed by atoms with Crippen LogP contribution in [0.3, 0.4) is 0 Å². The Bertz CT molecular complexity index is 342. The van der Waals surface area contributed by atoms with E-state index < -0.39 is 0 Å². The third-order valence-corrected chi connectivity index (χ3v) is 3.21. The Hall–Kier alpha value is -1.29. The van der Waals surface area contributed by atoms with Gasteiger partial charge < -0.3 is 15.2 Å². The summed E-state index contributed by atoms with van der Waals surface area (Å²) in [7, 11) is 0. The molecule has 1 atom stereocenters. The number of hydrogen-bond acceptors (Lipinski definition) is 2. The molecule has 2 heterocycles. The number of H-pyrrole nitrogens is 1. The predicted octanol–water partition coefficient (Wildman–Crippen LogP) is 1.62. The van der Waals surface area contributed by atoms with Crippen molar-refractivity contribution in [1.29, 1.82) is 0 Å². The van der Waals surface area contributed by atoms with Gasteiger partial charge in [0.05, 0.1) is 0 Å². The maximum Gasteiger partial charge on any atom is 0.270 e. The van der Waals surface area contributed by atoms with Gasteiger partial charge in [-0.2, -0.15) is 0 Å². The molecule has 4 heteroatoms. The van der Waals surface area contributed by atoms with Gasteiger partial charge in [-0.05, 0) is 37.9 Å². The van der Waals surface area contributed by atoms with Crippen molar-refractivity contribution in [3.63, 3.8) is 0 Å². The second-order valence-electron chi connectivity index (χ2n) is 4.63. The fourth-order valence-electron chi connectivity index (χ4n) is 2.36. The highest BCUT2D eigenvalue weighted by atomic mass is 16.2. The van der Waals surface area contributed by atoms with Crippen LogP contribution in [0.1, 0.15) is 36.7 Å². The molecular formula is C13H21N3O. The number of aromatic amines is 1. The molecule has 1 unspecified atom stereocenters. The molecule has 0 aliphatic carbocycles. The number of rotatable bonds is 5. The minimum atomic E-state index is 0.116. The lowest BCUT2D eigenvalue weighted by molar-refractivity contribution is 0.0736. The molecule has 1 saturated heterocycles. The SMILES string of the molecule is CCCN(CC1CCCN1)C(=O)c1ccc[nH]1. The van der Waals surface area contributed by atoms with Gasteiger partial charge >= 0.3 is 0 Å². The van der Waals surface area contributed by atoms with Gasteiger partial charge in [-0.1, -0.05) is 6.92 Å². The Balaban J connectivity index is 1.98. The van der Waals surface area contributed by atoms with Gasteiger partial charge in [-0.25, -0.2) is 0 Å². The predicted molar refractivity (Wildman–Crippen MR) is 68.0 cm³/mol. The van der Waals surface area contributed by atoms with Crippen molar-refractivity contribution < 1.29 is 4.79 Å². The molecule has 4 nitrogen and oxygen atoms in total. The summed E-state index contributed by atoms with van der Waals surface area (Å²) in [5.41, 5.74) is 0.691. The lowest BCUT2D eigenvalue weighted by Crippen LogP contribution is -2.41. The zero-order valence-corrected chi connectivity index (χ0v) is 10.4. The minimum Gasteiger partial charge on any atom is -0.357 e. The van der Waals surface area contributed by atoms with Gasteiger partial charge in [-0.15, -0.1) is 0 Å². The van der Waals surface area contributed by atoms with Crippen molar-refractivity contribution in [2.24, 2.45) is 0 Å². The van der Waals surface area contributed by atoms with Gasteiger partial charge in [-0.3, -0.25) is 4.79 Å². The van der Waals surface area contributed by atoms with Gasteiger partial charge in [0.1, 0.15) is 5.69 Å². The smallest absolute Gasteiger partial charge is 0.270 e. The van der Waals surface area contributed by atoms with Crippen molar-refractivity contribution in [2.45, 2.75) is 32.2 Å². The number of amides is 1. The average molecular weight is 235 g/mol. The lowest BCUT2D eigenvalue weighted by Gasteiger charge is -2.25. The third-order valence-electron chi connectivity index (χ3n) is 3.21. The first-order valence-electron chi connectivity index (χ1n) is 6.47. The van der Waals surface area contributed by atoms with E-state index in [0.29, 0.717) is 11.7 Å². The number of aromatic nitrogens is 1. The summed E-state index contributed by atoms with van der Waals surface area (Å²) in [5.74, 6) is 0.116. The number of carbonyl (C=O) groups is 1. The maximum atomic E-state index is 12.3. The standard InChI is InChI=1S/C13H21N3O/c1-2-9-16(10-11-5-3-7-14-11)13(17)12-6-4-8-15-12/h4,6,8,11,14-15H,2-3,5,7,9-10H2,1H3. The molecular weight excluding hydrogens is 214 g/mol. The Morgan fingerprint density at radius 2 is 2.47 bits per heavy atom. The van der Waals surface area contributed by atoms with Crippen molar-refractivity contribution in [3.8, 4) is 0 Å². The van der Waals surface area contributed by atoms with Crippen LogP contribution in [-0.2, 0) is 0 Å². The molecule has 1 aliphatic rings. The van der Waals surface area contributed by atoms with Crippen molar-refractivity contribution in [3.05, 3.63) is 24.0 Å². The van der Waals surface area contributed by atoms with Crippen LogP contribution >= 0.6 is 0 Å². The van der Waals surface area contributed by atoms with E-state index in [0.717, 1.165) is 26.1 Å². The highest BCUT2D eigenvalue weighted by Crippen LogP contribution is 2.10. The van der Waals surface area contributed by atoms with E-state index in [9.17, 15) is 4.79 Å². The fraction of sp³-hybridized carbons (Fsp3) is 0.615. The summed E-state index contributed by atoms with van der Waals surface area (Å²) >= 11 is 0. The molecule has 0 radical (unpaired) electrons. The highest BCUT2D eigenvalue weighted by molar-refractivity contribution is 5.92. The van der Waals surface area contributed by atoms with Crippen LogP contribution in [0.25, 0.3) is 0 Å². The molecule has 0 spiro atoms. The van der Waals surface area contributed by atoms with E-state index in [-0.39, 0.29) is 5.91 Å². The molecule has 1 aromatic rings. The van der Waals surface area contributed by atoms with Crippen molar-refractivity contribution >= 4 is 5.91 Å². The van der Waals surface area contributed by atoms with Gasteiger partial charge in [0.15, 0.2) is 0 Å². The summed E-state index contributed by atoms with van der Waals surface area (Å²) in [5, 5.41) is 3.44. The summed E-state index contributed by atoms with van der Waals surface area (Å²) in [6.07, 6.45) is 5.20. The van der Waals surface area contributed by atoms with Crippen LogP contribution in [0.15, 0.2) is 18.3 Å². The number of hydrogen-bond donors (Lipinski definition) is 2. The summed E-state index contributed by atoms with van der Waals surface area (Å²) in [6.45, 7) is 4.85. The fourth-order valence-corrected chi connectivity index (χ4v) is 2.36. The zero-order valence-electron chi connectivity index (χ0n) is 10.4. The van der Waals surface area contributed by atoms with E-state index in [1.165, 1.54) is 12.8 Å². The Kier molecular flexibility index (Phi) is 4.20. The van der Waals surface area contributed by atoms with Gasteiger partial charge in [0, 0.05) is 25.3 Å². The average Bonchev–Trinajstić information content (AvgIpc) is 3.00. The molecule has 2 rings (SSSR count). The molecule has 1 fully saturated rings. The van der Waals surface area contributed by atoms with E-state index in [4.69, 9.17) is 0 Å². The molecule has 1 amide bonds. The Labute approximate surface area is 102 Å². The largest absolute Gasteiger partial charge is 0.357 e. The van der Waals surface area contributed by atoms with E-state index in [1.54, 1.807) is 6.20 Å². The minimum absolute atomic E-state index is 0.116. The lowest BCUT2D eigenvalue weighted by atomic mass is 10.2. The summed E-state index contributed by atoms with van der Waals surface area (Å²) in [4.78, 5) is 17.2. The third kappa shape index (κ3) is 3.09. The van der Waals surface area contributed by atoms with Crippen LogP contribution < -0.4 is 5.32 Å². The topological polar surface area (TPSA) is 48.1 Å². The van der Waals surface area contributed by atoms with E-state index in [1.807, 2.05) is 17.0 Å². The second-order valence-corrected chi connectivity index (χ2v) is 4.63. The van der Waals surface area contributed by atoms with Crippen LogP contribution in [-0.4, -0.2) is 41.5 Å². The summed E-state index contributed by atoms with van der Waals surface area (Å²) in [6, 6.07) is 4.18. The molecule has 17 heavy (non-hydrogen) atoms. The first-order valence-corrected chi connectivity index (χ1v) is 6.47. The van der Waals surface area contributed by atoms with Crippen LogP contribution in [0.5, 0.6) is 0 Å². The van der Waals surface area contributed by atoms with Crippen molar-refractivity contribution in [2.75, 3.05) is 19.6 Å². The van der Waals surface area contributed by atoms with Crippen LogP contribution in [0.4, 0.5) is 0 Å². The number of nitrogens with zero attached hydrogens (tertiary/aromatic N) is 1. The molecule has 0 saturated carbocycles. The van der Waals surface area contributed by atoms with Gasteiger partial charge in [0.25, 0.3) is 5.91 Å². The van der Waals surface area contributed by atoms with Crippen LogP contribution in [0.2, 0.25) is 0 Å². The second kappa shape index (κ2) is 5.87. The van der Waals surface area contributed by atoms with E-state index >= 15 is 0 Å². The maximum absolute atomic E-state index is 12.3. The first kappa shape index (κ1) is 12.2. The number of nitrogens with one attached hydrogen (secondary N) is 2. The molecule has 94 valence electrons. The Morgan fingerprint density at radius 3 is 3.06 bits per heavy atom. The van der Waals surface area contributed by atoms with E-state index in [2.05, 4.69) is 17.2 Å². The quantitative estimate of drug-likeness (QED) is 0.814. The Morgan fingerprint density at radius 1 is 1.59 bits per heavy atom. The monoisotopic (exact) mass is 235 g/mol. The van der Waals surface area contributed by atoms with Crippen LogP contribution in [0, 0.1) is 0 Å². The van der Waals surface area contributed by atoms with Gasteiger partial charge in [0.2, 0.25) is 0 Å². The summed E-state index contributed by atoms with van der Waals surface area (Å²) < 4.78 is 0. The molecule has 1 aromatic heterocycles. The molecule has 0 bridgehead atoms. The normalized spacial score (nSPS) is 19.5. The molecule has 0 aromatic carbocycles. The zero-order chi connectivity index (χ0) is 12.1.